The summed E-state index contributed by atoms with van der Waals surface area (Å²) in [6, 6.07) is 7.24. The van der Waals surface area contributed by atoms with Gasteiger partial charge in [0.2, 0.25) is 0 Å². The zero-order valence-corrected chi connectivity index (χ0v) is 9.30. The Hall–Kier alpha value is -1.02. The lowest BCUT2D eigenvalue weighted by atomic mass is 10.2. The highest BCUT2D eigenvalue weighted by Gasteiger charge is 2.09. The molecule has 0 atom stereocenters. The molecule has 1 rings (SSSR count). The Morgan fingerprint density at radius 3 is 2.29 bits per heavy atom. The lowest BCUT2D eigenvalue weighted by molar-refractivity contribution is 0.00199. The third-order valence-electron chi connectivity index (χ3n) is 1.34. The second-order valence-corrected chi connectivity index (χ2v) is 4.35. The fourth-order valence-electron chi connectivity index (χ4n) is 0.737. The summed E-state index contributed by atoms with van der Waals surface area (Å²) in [6.07, 6.45) is 2.77. The van der Waals surface area contributed by atoms with Crippen molar-refractivity contribution in [3.05, 3.63) is 34.9 Å². The quantitative estimate of drug-likeness (QED) is 0.542. The lowest BCUT2D eigenvalue weighted by Crippen LogP contribution is -2.15. The van der Waals surface area contributed by atoms with Crippen LogP contribution in [0, 0.1) is 0 Å². The molecule has 0 heterocycles. The summed E-state index contributed by atoms with van der Waals surface area (Å²) in [5, 5.41) is 4.45. The van der Waals surface area contributed by atoms with Crippen molar-refractivity contribution < 1.29 is 4.84 Å². The van der Waals surface area contributed by atoms with Crippen LogP contribution < -0.4 is 0 Å². The average molecular weight is 211 g/mol. The van der Waals surface area contributed by atoms with E-state index in [1.807, 2.05) is 32.9 Å². The molecule has 75 valence electrons. The van der Waals surface area contributed by atoms with Crippen LogP contribution in [0.3, 0.4) is 0 Å². The summed E-state index contributed by atoms with van der Waals surface area (Å²) >= 11 is 5.73. The zero-order valence-electron chi connectivity index (χ0n) is 8.54. The van der Waals surface area contributed by atoms with Crippen molar-refractivity contribution in [2.24, 2.45) is 5.16 Å². The van der Waals surface area contributed by atoms with E-state index in [2.05, 4.69) is 11.4 Å². The van der Waals surface area contributed by atoms with Gasteiger partial charge < -0.3 is 4.84 Å². The Balaban J connectivity index is 2.57. The number of nitrogens with zero attached hydrogens (tertiary/aromatic N) is 1. The van der Waals surface area contributed by atoms with Crippen molar-refractivity contribution in [3.63, 3.8) is 0 Å². The van der Waals surface area contributed by atoms with E-state index in [9.17, 15) is 0 Å². The second-order valence-electron chi connectivity index (χ2n) is 3.91. The van der Waals surface area contributed by atoms with Crippen molar-refractivity contribution in [2.75, 3.05) is 0 Å². The van der Waals surface area contributed by atoms with E-state index in [1.165, 1.54) is 0 Å². The molecular formula is C11H13ClNO. The minimum atomic E-state index is -0.278. The highest BCUT2D eigenvalue weighted by Crippen LogP contribution is 2.09. The maximum absolute atomic E-state index is 5.73. The summed E-state index contributed by atoms with van der Waals surface area (Å²) in [5.74, 6) is 0. The van der Waals surface area contributed by atoms with Crippen molar-refractivity contribution in [3.8, 4) is 0 Å². The van der Waals surface area contributed by atoms with Gasteiger partial charge in [-0.05, 0) is 32.9 Å². The molecule has 3 heteroatoms. The van der Waals surface area contributed by atoms with E-state index in [4.69, 9.17) is 16.4 Å². The maximum Gasteiger partial charge on any atom is 0.139 e. The Morgan fingerprint density at radius 1 is 1.21 bits per heavy atom. The van der Waals surface area contributed by atoms with Gasteiger partial charge in [-0.3, -0.25) is 0 Å². The Bertz CT molecular complexity index is 311. The van der Waals surface area contributed by atoms with Gasteiger partial charge in [-0.2, -0.15) is 0 Å². The van der Waals surface area contributed by atoms with Crippen molar-refractivity contribution in [2.45, 2.75) is 26.4 Å². The van der Waals surface area contributed by atoms with Gasteiger partial charge in [0.25, 0.3) is 0 Å². The van der Waals surface area contributed by atoms with E-state index >= 15 is 0 Å². The van der Waals surface area contributed by atoms with Crippen LogP contribution in [-0.4, -0.2) is 11.8 Å². The topological polar surface area (TPSA) is 21.6 Å². The standard InChI is InChI=1S/C11H13ClNO/c1-11(2,3)14-13-8-9-4-6-10(12)7-5-9/h4-7H,1-3H3. The smallest absolute Gasteiger partial charge is 0.139 e. The van der Waals surface area contributed by atoms with Crippen molar-refractivity contribution in [1.82, 2.24) is 0 Å². The molecule has 0 saturated carbocycles. The van der Waals surface area contributed by atoms with E-state index in [-0.39, 0.29) is 5.60 Å². The molecule has 0 aliphatic heterocycles. The molecule has 0 unspecified atom stereocenters. The number of hydrogen-bond acceptors (Lipinski definition) is 2. The minimum absolute atomic E-state index is 0.278. The molecule has 0 amide bonds. The summed E-state index contributed by atoms with van der Waals surface area (Å²) in [5.41, 5.74) is 0.568. The molecule has 1 aromatic carbocycles. The van der Waals surface area contributed by atoms with Gasteiger partial charge in [-0.1, -0.05) is 28.9 Å². The van der Waals surface area contributed by atoms with Gasteiger partial charge in [0, 0.05) is 10.6 Å². The Morgan fingerprint density at radius 2 is 1.79 bits per heavy atom. The van der Waals surface area contributed by atoms with Crippen LogP contribution >= 0.6 is 11.6 Å². The van der Waals surface area contributed by atoms with Gasteiger partial charge in [0.1, 0.15) is 11.8 Å². The molecule has 1 radical (unpaired) electrons. The van der Waals surface area contributed by atoms with Gasteiger partial charge in [0.05, 0.1) is 0 Å². The molecule has 1 aromatic rings. The largest absolute Gasteiger partial charge is 0.390 e. The molecule has 0 aliphatic carbocycles. The molecule has 0 N–H and O–H groups in total. The highest BCUT2D eigenvalue weighted by molar-refractivity contribution is 6.30. The summed E-state index contributed by atoms with van der Waals surface area (Å²) in [4.78, 5) is 5.14. The first-order valence-electron chi connectivity index (χ1n) is 4.37. The average Bonchev–Trinajstić information content (AvgIpc) is 2.06. The molecule has 0 aliphatic rings. The first-order chi connectivity index (χ1) is 6.47. The van der Waals surface area contributed by atoms with Crippen LogP contribution in [-0.2, 0) is 4.84 Å². The number of benzene rings is 1. The molecule has 0 spiro atoms. The van der Waals surface area contributed by atoms with E-state index in [0.717, 1.165) is 5.56 Å². The number of halogens is 1. The number of rotatable bonds is 2. The molecule has 0 aromatic heterocycles. The zero-order chi connectivity index (χ0) is 10.6. The van der Waals surface area contributed by atoms with Gasteiger partial charge in [0.15, 0.2) is 0 Å². The fourth-order valence-corrected chi connectivity index (χ4v) is 0.863. The predicted octanol–water partition coefficient (Wildman–Crippen LogP) is 3.37. The summed E-state index contributed by atoms with van der Waals surface area (Å²) in [7, 11) is 0. The highest BCUT2D eigenvalue weighted by atomic mass is 35.5. The van der Waals surface area contributed by atoms with Gasteiger partial charge in [-0.25, -0.2) is 0 Å². The molecule has 0 fully saturated rings. The molecular weight excluding hydrogens is 198 g/mol. The van der Waals surface area contributed by atoms with Gasteiger partial charge in [-0.15, -0.1) is 0 Å². The lowest BCUT2D eigenvalue weighted by Gasteiger charge is -2.14. The second kappa shape index (κ2) is 4.47. The normalized spacial score (nSPS) is 12.0. The third-order valence-corrected chi connectivity index (χ3v) is 1.59. The number of hydrogen-bond donors (Lipinski definition) is 0. The SMILES string of the molecule is CC(C)(C)O/N=[C]/c1ccc(Cl)cc1. The Labute approximate surface area is 89.5 Å². The first kappa shape index (κ1) is 11.1. The summed E-state index contributed by atoms with van der Waals surface area (Å²) in [6.45, 7) is 5.79. The van der Waals surface area contributed by atoms with Crippen LogP contribution in [0.5, 0.6) is 0 Å². The van der Waals surface area contributed by atoms with Crippen LogP contribution in [0.4, 0.5) is 0 Å². The van der Waals surface area contributed by atoms with Crippen molar-refractivity contribution in [1.29, 1.82) is 0 Å². The van der Waals surface area contributed by atoms with Crippen LogP contribution in [0.25, 0.3) is 0 Å². The van der Waals surface area contributed by atoms with E-state index in [0.29, 0.717) is 5.02 Å². The molecule has 14 heavy (non-hydrogen) atoms. The fraction of sp³-hybridized carbons (Fsp3) is 0.364. The first-order valence-corrected chi connectivity index (χ1v) is 4.75. The van der Waals surface area contributed by atoms with Gasteiger partial charge >= 0.3 is 0 Å². The van der Waals surface area contributed by atoms with Crippen molar-refractivity contribution >= 4 is 17.8 Å². The maximum atomic E-state index is 5.73. The minimum Gasteiger partial charge on any atom is -0.390 e. The predicted molar refractivity (Wildman–Crippen MR) is 58.8 cm³/mol. The molecule has 2 nitrogen and oxygen atoms in total. The van der Waals surface area contributed by atoms with E-state index < -0.39 is 0 Å². The molecule has 0 saturated heterocycles. The van der Waals surface area contributed by atoms with Crippen LogP contribution in [0.2, 0.25) is 5.02 Å². The van der Waals surface area contributed by atoms with E-state index in [1.54, 1.807) is 12.1 Å². The Kier molecular flexibility index (Phi) is 3.53. The summed E-state index contributed by atoms with van der Waals surface area (Å²) < 4.78 is 0. The third kappa shape index (κ3) is 4.28. The monoisotopic (exact) mass is 210 g/mol. The molecule has 0 bridgehead atoms. The van der Waals surface area contributed by atoms with Crippen LogP contribution in [0.15, 0.2) is 29.4 Å². The van der Waals surface area contributed by atoms with Crippen LogP contribution in [0.1, 0.15) is 26.3 Å².